The molecular weight excluding hydrogens is 347 g/mol. The van der Waals surface area contributed by atoms with Crippen LogP contribution in [0.25, 0.3) is 0 Å². The van der Waals surface area contributed by atoms with Gasteiger partial charge in [-0.15, -0.1) is 0 Å². The van der Waals surface area contributed by atoms with Crippen molar-refractivity contribution in [3.8, 4) is 0 Å². The molecule has 6 nitrogen and oxygen atoms in total. The first-order chi connectivity index (χ1) is 13.1. The molecule has 1 aromatic carbocycles. The van der Waals surface area contributed by atoms with E-state index in [2.05, 4.69) is 15.6 Å². The van der Waals surface area contributed by atoms with Crippen LogP contribution >= 0.6 is 0 Å². The number of aliphatic imine (C=N–C) groups is 1. The van der Waals surface area contributed by atoms with Crippen LogP contribution in [-0.4, -0.2) is 48.1 Å². The molecule has 7 heteroatoms. The molecule has 27 heavy (non-hydrogen) atoms. The number of nitrogens with one attached hydrogen (secondary N) is 2. The lowest BCUT2D eigenvalue weighted by Gasteiger charge is -2.21. The summed E-state index contributed by atoms with van der Waals surface area (Å²) < 4.78 is 13.5. The maximum atomic E-state index is 13.5. The van der Waals surface area contributed by atoms with Gasteiger partial charge in [-0.25, -0.2) is 4.39 Å². The maximum Gasteiger partial charge on any atom is 0.225 e. The molecule has 3 rings (SSSR count). The largest absolute Gasteiger partial charge is 0.392 e. The van der Waals surface area contributed by atoms with Crippen LogP contribution in [0.2, 0.25) is 0 Å². The van der Waals surface area contributed by atoms with Crippen LogP contribution < -0.4 is 10.6 Å². The Balaban J connectivity index is 1.48. The second-order valence-corrected chi connectivity index (χ2v) is 7.41. The topological polar surface area (TPSA) is 77.0 Å². The summed E-state index contributed by atoms with van der Waals surface area (Å²) in [6, 6.07) is 4.88. The molecular formula is C20H29FN4O2. The van der Waals surface area contributed by atoms with Gasteiger partial charge in [-0.2, -0.15) is 0 Å². The normalized spacial score (nSPS) is 20.9. The zero-order valence-electron chi connectivity index (χ0n) is 15.9. The number of nitrogens with zero attached hydrogens (tertiary/aromatic N) is 2. The van der Waals surface area contributed by atoms with Crippen molar-refractivity contribution in [2.45, 2.75) is 51.3 Å². The summed E-state index contributed by atoms with van der Waals surface area (Å²) in [7, 11) is 1.70. The molecule has 2 aliphatic rings. The van der Waals surface area contributed by atoms with Gasteiger partial charge in [0.05, 0.1) is 6.61 Å². The predicted octanol–water partition coefficient (Wildman–Crippen LogP) is 1.77. The predicted molar refractivity (Wildman–Crippen MR) is 103 cm³/mol. The van der Waals surface area contributed by atoms with Crippen LogP contribution in [0.15, 0.2) is 23.2 Å². The Morgan fingerprint density at radius 3 is 2.81 bits per heavy atom. The van der Waals surface area contributed by atoms with Crippen LogP contribution in [-0.2, 0) is 17.9 Å². The lowest BCUT2D eigenvalue weighted by Crippen LogP contribution is -2.45. The number of carbonyl (C=O) groups is 1. The monoisotopic (exact) mass is 376 g/mol. The highest BCUT2D eigenvalue weighted by Crippen LogP contribution is 2.27. The lowest BCUT2D eigenvalue weighted by molar-refractivity contribution is -0.134. The summed E-state index contributed by atoms with van der Waals surface area (Å²) in [5.41, 5.74) is 1.15. The molecule has 0 radical (unpaired) electrons. The van der Waals surface area contributed by atoms with E-state index in [1.54, 1.807) is 19.2 Å². The van der Waals surface area contributed by atoms with E-state index >= 15 is 0 Å². The summed E-state index contributed by atoms with van der Waals surface area (Å²) >= 11 is 0. The second-order valence-electron chi connectivity index (χ2n) is 7.41. The maximum absolute atomic E-state index is 13.5. The van der Waals surface area contributed by atoms with Crippen molar-refractivity contribution in [2.24, 2.45) is 10.9 Å². The number of rotatable bonds is 5. The number of guanidine groups is 1. The fourth-order valence-corrected chi connectivity index (χ4v) is 3.94. The van der Waals surface area contributed by atoms with E-state index in [0.29, 0.717) is 25.0 Å². The molecule has 1 saturated heterocycles. The van der Waals surface area contributed by atoms with Crippen molar-refractivity contribution < 1.29 is 14.3 Å². The van der Waals surface area contributed by atoms with Gasteiger partial charge >= 0.3 is 0 Å². The second kappa shape index (κ2) is 9.17. The first-order valence-electron chi connectivity index (χ1n) is 9.75. The van der Waals surface area contributed by atoms with Crippen molar-refractivity contribution in [2.75, 3.05) is 20.1 Å². The van der Waals surface area contributed by atoms with Gasteiger partial charge in [-0.3, -0.25) is 9.79 Å². The summed E-state index contributed by atoms with van der Waals surface area (Å²) in [5.74, 6) is 0.787. The molecule has 1 aromatic rings. The quantitative estimate of drug-likeness (QED) is 0.541. The minimum Gasteiger partial charge on any atom is -0.392 e. The fraction of sp³-hybridized carbons (Fsp3) is 0.600. The highest BCUT2D eigenvalue weighted by molar-refractivity contribution is 5.81. The fourth-order valence-electron chi connectivity index (χ4n) is 3.94. The molecule has 0 aromatic heterocycles. The third kappa shape index (κ3) is 4.97. The Bertz CT molecular complexity index is 689. The van der Waals surface area contributed by atoms with Gasteiger partial charge in [0.15, 0.2) is 5.96 Å². The Morgan fingerprint density at radius 1 is 1.33 bits per heavy atom. The third-order valence-electron chi connectivity index (χ3n) is 5.51. The number of halogens is 1. The van der Waals surface area contributed by atoms with E-state index in [1.807, 2.05) is 4.90 Å². The Labute approximate surface area is 159 Å². The minimum atomic E-state index is -0.401. The molecule has 1 heterocycles. The zero-order chi connectivity index (χ0) is 19.2. The van der Waals surface area contributed by atoms with E-state index in [-0.39, 0.29) is 24.1 Å². The minimum absolute atomic E-state index is 0.183. The Morgan fingerprint density at radius 2 is 2.11 bits per heavy atom. The van der Waals surface area contributed by atoms with E-state index in [0.717, 1.165) is 31.4 Å². The third-order valence-corrected chi connectivity index (χ3v) is 5.51. The van der Waals surface area contributed by atoms with Crippen molar-refractivity contribution in [3.05, 3.63) is 35.1 Å². The van der Waals surface area contributed by atoms with Crippen LogP contribution in [0.3, 0.4) is 0 Å². The van der Waals surface area contributed by atoms with Gasteiger partial charge in [0.1, 0.15) is 5.82 Å². The number of aliphatic hydroxyl groups excluding tert-OH is 1. The van der Waals surface area contributed by atoms with E-state index in [9.17, 15) is 14.3 Å². The molecule has 1 aliphatic heterocycles. The Kier molecular flexibility index (Phi) is 6.66. The van der Waals surface area contributed by atoms with Crippen LogP contribution in [0.4, 0.5) is 4.39 Å². The first kappa shape index (κ1) is 19.6. The molecule has 148 valence electrons. The van der Waals surface area contributed by atoms with Crippen molar-refractivity contribution in [1.82, 2.24) is 15.5 Å². The molecule has 1 unspecified atom stereocenters. The number of carbonyl (C=O) groups excluding carboxylic acids is 1. The van der Waals surface area contributed by atoms with Crippen LogP contribution in [0.5, 0.6) is 0 Å². The number of amides is 1. The van der Waals surface area contributed by atoms with Gasteiger partial charge in [0, 0.05) is 44.2 Å². The highest BCUT2D eigenvalue weighted by Gasteiger charge is 2.32. The SMILES string of the molecule is CN=C(NCc1ccc(F)c(CO)c1)NC1CCN(C(=O)C2CCCC2)C1. The zero-order valence-corrected chi connectivity index (χ0v) is 15.9. The van der Waals surface area contributed by atoms with Crippen molar-refractivity contribution >= 4 is 11.9 Å². The van der Waals surface area contributed by atoms with Gasteiger partial charge in [-0.1, -0.05) is 18.9 Å². The summed E-state index contributed by atoms with van der Waals surface area (Å²) in [5, 5.41) is 15.8. The molecule has 1 atom stereocenters. The Hall–Kier alpha value is -2.15. The standard InChI is InChI=1S/C20H29FN4O2/c1-22-20(23-11-14-6-7-18(21)16(10-14)13-26)24-17-8-9-25(12-17)19(27)15-4-2-3-5-15/h6-7,10,15,17,26H,2-5,8-9,11-13H2,1H3,(H2,22,23,24). The van der Waals surface area contributed by atoms with Gasteiger partial charge < -0.3 is 20.6 Å². The number of hydrogen-bond acceptors (Lipinski definition) is 3. The number of hydrogen-bond donors (Lipinski definition) is 3. The first-order valence-corrected chi connectivity index (χ1v) is 9.75. The molecule has 1 saturated carbocycles. The molecule has 2 fully saturated rings. The summed E-state index contributed by atoms with van der Waals surface area (Å²) in [6.07, 6.45) is 5.31. The highest BCUT2D eigenvalue weighted by atomic mass is 19.1. The van der Waals surface area contributed by atoms with Crippen molar-refractivity contribution in [1.29, 1.82) is 0 Å². The van der Waals surface area contributed by atoms with Crippen molar-refractivity contribution in [3.63, 3.8) is 0 Å². The van der Waals surface area contributed by atoms with E-state index < -0.39 is 5.82 Å². The van der Waals surface area contributed by atoms with E-state index in [4.69, 9.17) is 0 Å². The number of likely N-dealkylation sites (tertiary alicyclic amines) is 1. The van der Waals surface area contributed by atoms with Crippen LogP contribution in [0, 0.1) is 11.7 Å². The molecule has 0 bridgehead atoms. The average molecular weight is 376 g/mol. The summed E-state index contributed by atoms with van der Waals surface area (Å²) in [4.78, 5) is 18.8. The smallest absolute Gasteiger partial charge is 0.225 e. The summed E-state index contributed by atoms with van der Waals surface area (Å²) in [6.45, 7) is 1.66. The number of benzene rings is 1. The number of aliphatic hydroxyl groups is 1. The van der Waals surface area contributed by atoms with Gasteiger partial charge in [0.25, 0.3) is 0 Å². The average Bonchev–Trinajstić information content (AvgIpc) is 3.37. The molecule has 1 amide bonds. The van der Waals surface area contributed by atoms with Crippen LogP contribution in [0.1, 0.15) is 43.2 Å². The van der Waals surface area contributed by atoms with Gasteiger partial charge in [-0.05, 0) is 37.0 Å². The lowest BCUT2D eigenvalue weighted by atomic mass is 10.1. The molecule has 3 N–H and O–H groups in total. The molecule has 1 aliphatic carbocycles. The van der Waals surface area contributed by atoms with E-state index in [1.165, 1.54) is 18.9 Å². The molecule has 0 spiro atoms. The van der Waals surface area contributed by atoms with Gasteiger partial charge in [0.2, 0.25) is 5.91 Å².